The molecule has 0 saturated carbocycles. The van der Waals surface area contributed by atoms with Gasteiger partial charge in [0.2, 0.25) is 0 Å². The van der Waals surface area contributed by atoms with Crippen LogP contribution in [0.3, 0.4) is 0 Å². The lowest BCUT2D eigenvalue weighted by Gasteiger charge is -2.40. The quantitative estimate of drug-likeness (QED) is 0.0228. The van der Waals surface area contributed by atoms with Crippen molar-refractivity contribution in [2.45, 2.75) is 276 Å². The normalized spacial score (nSPS) is 18.8. The number of carboxylic acids is 1. The molecule has 0 radical (unpaired) electrons. The molecule has 418 valence electrons. The van der Waals surface area contributed by atoms with Crippen LogP contribution in [0.5, 0.6) is 0 Å². The van der Waals surface area contributed by atoms with Gasteiger partial charge in [0, 0.05) is 19.3 Å². The van der Waals surface area contributed by atoms with Crippen LogP contribution in [-0.2, 0) is 42.9 Å². The van der Waals surface area contributed by atoms with E-state index in [1.165, 1.54) is 64.2 Å². The highest BCUT2D eigenvalue weighted by Crippen LogP contribution is 2.26. The number of aliphatic hydroxyl groups excluding tert-OH is 2. The molecule has 1 saturated heterocycles. The van der Waals surface area contributed by atoms with Gasteiger partial charge in [-0.05, 0) is 103 Å². The van der Waals surface area contributed by atoms with Gasteiger partial charge in [-0.3, -0.25) is 14.4 Å². The molecular weight excluding hydrogens is 925 g/mol. The highest BCUT2D eigenvalue weighted by Gasteiger charge is 2.50. The lowest BCUT2D eigenvalue weighted by Crippen LogP contribution is -2.61. The van der Waals surface area contributed by atoms with Crippen molar-refractivity contribution in [3.05, 3.63) is 72.9 Å². The molecule has 0 amide bonds. The number of rotatable bonds is 48. The summed E-state index contributed by atoms with van der Waals surface area (Å²) in [5.74, 6) is -3.18. The molecule has 0 aromatic carbocycles. The largest absolute Gasteiger partial charge is 0.479 e. The molecule has 6 atom stereocenters. The zero-order valence-electron chi connectivity index (χ0n) is 45.9. The van der Waals surface area contributed by atoms with Crippen LogP contribution in [-0.4, -0.2) is 89.2 Å². The van der Waals surface area contributed by atoms with Crippen LogP contribution in [0.4, 0.5) is 0 Å². The summed E-state index contributed by atoms with van der Waals surface area (Å²) in [6.45, 7) is 5.77. The molecule has 12 heteroatoms. The average Bonchev–Trinajstić information content (AvgIpc) is 3.37. The topological polar surface area (TPSA) is 175 Å². The molecule has 3 N–H and O–H groups in total. The first kappa shape index (κ1) is 67.2. The van der Waals surface area contributed by atoms with Gasteiger partial charge in [-0.25, -0.2) is 4.79 Å². The van der Waals surface area contributed by atoms with E-state index in [4.69, 9.17) is 23.7 Å². The molecule has 6 unspecified atom stereocenters. The molecule has 1 aliphatic rings. The molecule has 12 nitrogen and oxygen atoms in total. The van der Waals surface area contributed by atoms with Crippen LogP contribution in [0.15, 0.2) is 72.9 Å². The summed E-state index contributed by atoms with van der Waals surface area (Å²) in [6.07, 6.45) is 48.8. The molecule has 1 fully saturated rings. The van der Waals surface area contributed by atoms with E-state index in [0.717, 1.165) is 116 Å². The second-order valence-corrected chi connectivity index (χ2v) is 19.5. The minimum absolute atomic E-state index is 0.0215. The summed E-state index contributed by atoms with van der Waals surface area (Å²) in [7, 11) is 0. The third kappa shape index (κ3) is 39.3. The van der Waals surface area contributed by atoms with Gasteiger partial charge in [-0.15, -0.1) is 0 Å². The Balaban J connectivity index is 2.71. The van der Waals surface area contributed by atoms with Gasteiger partial charge in [-0.2, -0.15) is 0 Å². The number of hydrogen-bond acceptors (Lipinski definition) is 11. The molecule has 1 rings (SSSR count). The van der Waals surface area contributed by atoms with Crippen molar-refractivity contribution >= 4 is 23.9 Å². The molecule has 1 heterocycles. The van der Waals surface area contributed by atoms with Crippen molar-refractivity contribution in [2.75, 3.05) is 13.2 Å². The number of carbonyl (C=O) groups is 4. The Labute approximate surface area is 442 Å². The Morgan fingerprint density at radius 2 is 0.890 bits per heavy atom. The Hall–Kier alpha value is -3.84. The number of esters is 3. The van der Waals surface area contributed by atoms with E-state index in [2.05, 4.69) is 93.7 Å². The number of allylic oxidation sites excluding steroid dienone is 12. The Kier molecular flexibility index (Phi) is 45.1. The number of aliphatic hydroxyl groups is 2. The van der Waals surface area contributed by atoms with Crippen molar-refractivity contribution in [1.82, 2.24) is 0 Å². The zero-order valence-corrected chi connectivity index (χ0v) is 45.9. The smallest absolute Gasteiger partial charge is 0.335 e. The minimum Gasteiger partial charge on any atom is -0.479 e. The van der Waals surface area contributed by atoms with Gasteiger partial charge >= 0.3 is 23.9 Å². The van der Waals surface area contributed by atoms with Gasteiger partial charge in [0.25, 0.3) is 0 Å². The highest BCUT2D eigenvalue weighted by molar-refractivity contribution is 5.74. The number of unbranched alkanes of at least 4 members (excludes halogenated alkanes) is 22. The number of ether oxygens (including phenoxy) is 5. The monoisotopic (exact) mass is 1030 g/mol. The van der Waals surface area contributed by atoms with Crippen molar-refractivity contribution < 1.29 is 58.2 Å². The van der Waals surface area contributed by atoms with E-state index in [0.29, 0.717) is 19.3 Å². The molecule has 0 aromatic rings. The standard InChI is InChI=1S/C61H102O12/c1-4-7-10-13-16-19-22-25-26-27-28-31-32-35-38-41-44-47-53(62)69-50-52(71-54(63)48-45-42-39-36-33-29-23-20-17-14-11-8-5-2)51-70-61-59(57(66)56(65)58(73-61)60(67)68)72-55(64)49-46-43-40-37-34-30-24-21-18-15-12-9-6-3/h9,11-12,14,18,20-21,23,25-26,30,34,52,56-59,61,65-66H,4-8,10,13,15-17,19,22,24,27-29,31-33,35-51H2,1-3H3,(H,67,68)/b12-9-,14-11-,21-18-,23-20-,26-25-,34-30-. The average molecular weight is 1030 g/mol. The van der Waals surface area contributed by atoms with E-state index >= 15 is 0 Å². The van der Waals surface area contributed by atoms with Gasteiger partial charge in [0.15, 0.2) is 24.6 Å². The number of carboxylic acid groups (broad SMARTS) is 1. The second kappa shape index (κ2) is 49.1. The Morgan fingerprint density at radius 1 is 0.466 bits per heavy atom. The predicted octanol–water partition coefficient (Wildman–Crippen LogP) is 14.6. The summed E-state index contributed by atoms with van der Waals surface area (Å²) in [5, 5.41) is 31.4. The van der Waals surface area contributed by atoms with Crippen molar-refractivity contribution in [2.24, 2.45) is 0 Å². The van der Waals surface area contributed by atoms with E-state index in [1.54, 1.807) is 0 Å². The van der Waals surface area contributed by atoms with Crippen LogP contribution in [0.25, 0.3) is 0 Å². The summed E-state index contributed by atoms with van der Waals surface area (Å²) >= 11 is 0. The van der Waals surface area contributed by atoms with Gasteiger partial charge in [0.05, 0.1) is 6.61 Å². The summed E-state index contributed by atoms with van der Waals surface area (Å²) in [5.41, 5.74) is 0. The second-order valence-electron chi connectivity index (χ2n) is 19.5. The summed E-state index contributed by atoms with van der Waals surface area (Å²) < 4.78 is 28.3. The molecule has 73 heavy (non-hydrogen) atoms. The van der Waals surface area contributed by atoms with Gasteiger partial charge in [0.1, 0.15) is 18.8 Å². The maximum absolute atomic E-state index is 13.1. The van der Waals surface area contributed by atoms with Gasteiger partial charge in [-0.1, -0.05) is 190 Å². The van der Waals surface area contributed by atoms with Crippen molar-refractivity contribution in [1.29, 1.82) is 0 Å². The number of hydrogen-bond donors (Lipinski definition) is 3. The molecule has 0 aromatic heterocycles. The lowest BCUT2D eigenvalue weighted by molar-refractivity contribution is -0.301. The molecular formula is C61H102O12. The Bertz CT molecular complexity index is 1550. The summed E-state index contributed by atoms with van der Waals surface area (Å²) in [4.78, 5) is 51.0. The van der Waals surface area contributed by atoms with Crippen LogP contribution in [0.1, 0.15) is 239 Å². The van der Waals surface area contributed by atoms with Crippen LogP contribution in [0, 0.1) is 0 Å². The molecule has 0 bridgehead atoms. The van der Waals surface area contributed by atoms with E-state index in [9.17, 15) is 34.5 Å². The fourth-order valence-corrected chi connectivity index (χ4v) is 8.30. The molecule has 1 aliphatic heterocycles. The fourth-order valence-electron chi connectivity index (χ4n) is 8.30. The summed E-state index contributed by atoms with van der Waals surface area (Å²) in [6, 6.07) is 0. The van der Waals surface area contributed by atoms with E-state index in [1.807, 2.05) is 0 Å². The SMILES string of the molecule is CC/C=C\C/C=C\C/C=C\CCCCCC(=O)OC1C(OCC(COC(=O)CCCCCCCCC/C=C\CCCCCCCC)OC(=O)CCCCCCC/C=C\C/C=C\CCC)OC(C(=O)O)C(O)C1O. The first-order valence-electron chi connectivity index (χ1n) is 28.9. The maximum atomic E-state index is 13.1. The van der Waals surface area contributed by atoms with Crippen LogP contribution >= 0.6 is 0 Å². The molecule has 0 spiro atoms. The van der Waals surface area contributed by atoms with Crippen molar-refractivity contribution in [3.8, 4) is 0 Å². The van der Waals surface area contributed by atoms with E-state index in [-0.39, 0.29) is 25.9 Å². The lowest BCUT2D eigenvalue weighted by atomic mass is 9.98. The van der Waals surface area contributed by atoms with Gasteiger partial charge < -0.3 is 39.0 Å². The van der Waals surface area contributed by atoms with Crippen LogP contribution in [0.2, 0.25) is 0 Å². The number of aliphatic carboxylic acids is 1. The first-order valence-corrected chi connectivity index (χ1v) is 28.9. The maximum Gasteiger partial charge on any atom is 0.335 e. The predicted molar refractivity (Wildman–Crippen MR) is 294 cm³/mol. The third-order valence-electron chi connectivity index (χ3n) is 12.7. The van der Waals surface area contributed by atoms with E-state index < -0.39 is 67.3 Å². The van der Waals surface area contributed by atoms with Crippen molar-refractivity contribution in [3.63, 3.8) is 0 Å². The third-order valence-corrected chi connectivity index (χ3v) is 12.7. The van der Waals surface area contributed by atoms with Crippen LogP contribution < -0.4 is 0 Å². The minimum atomic E-state index is -1.92. The number of carbonyl (C=O) groups excluding carboxylic acids is 3. The Morgan fingerprint density at radius 3 is 1.40 bits per heavy atom. The highest BCUT2D eigenvalue weighted by atomic mass is 16.7. The first-order chi connectivity index (χ1) is 35.6. The molecule has 0 aliphatic carbocycles. The fraction of sp³-hybridized carbons (Fsp3) is 0.738. The zero-order chi connectivity index (χ0) is 53.3.